The highest BCUT2D eigenvalue weighted by Crippen LogP contribution is 2.28. The maximum atomic E-state index is 13.1. The van der Waals surface area contributed by atoms with Crippen LogP contribution in [-0.2, 0) is 13.1 Å². The SMILES string of the molecule is Fc1ccc(CNCc2ccn(C3CCCC3)n2)cc1Cl. The number of hydrogen-bond acceptors (Lipinski definition) is 2. The van der Waals surface area contributed by atoms with Gasteiger partial charge >= 0.3 is 0 Å². The fraction of sp³-hybridized carbons (Fsp3) is 0.438. The van der Waals surface area contributed by atoms with Gasteiger partial charge in [0.05, 0.1) is 16.8 Å². The fourth-order valence-electron chi connectivity index (χ4n) is 2.83. The molecule has 3 nitrogen and oxygen atoms in total. The van der Waals surface area contributed by atoms with E-state index in [1.165, 1.54) is 31.7 Å². The van der Waals surface area contributed by atoms with Crippen LogP contribution in [0.5, 0.6) is 0 Å². The molecule has 1 N–H and O–H groups in total. The Morgan fingerprint density at radius 2 is 2.05 bits per heavy atom. The number of nitrogens with one attached hydrogen (secondary N) is 1. The Morgan fingerprint density at radius 3 is 2.81 bits per heavy atom. The smallest absolute Gasteiger partial charge is 0.141 e. The predicted molar refractivity (Wildman–Crippen MR) is 81.7 cm³/mol. The molecule has 0 saturated heterocycles. The lowest BCUT2D eigenvalue weighted by Crippen LogP contribution is -2.14. The van der Waals surface area contributed by atoms with Gasteiger partial charge in [0.15, 0.2) is 0 Å². The van der Waals surface area contributed by atoms with Gasteiger partial charge in [-0.1, -0.05) is 30.5 Å². The lowest BCUT2D eigenvalue weighted by atomic mass is 10.2. The van der Waals surface area contributed by atoms with E-state index in [9.17, 15) is 4.39 Å². The van der Waals surface area contributed by atoms with Gasteiger partial charge in [0.1, 0.15) is 5.82 Å². The van der Waals surface area contributed by atoms with Crippen molar-refractivity contribution in [3.05, 3.63) is 52.6 Å². The topological polar surface area (TPSA) is 29.9 Å². The average molecular weight is 308 g/mol. The molecule has 2 aromatic rings. The quantitative estimate of drug-likeness (QED) is 0.902. The molecule has 0 aliphatic heterocycles. The van der Waals surface area contributed by atoms with Crippen molar-refractivity contribution in [3.63, 3.8) is 0 Å². The first-order valence-corrected chi connectivity index (χ1v) is 7.79. The number of aromatic nitrogens is 2. The summed E-state index contributed by atoms with van der Waals surface area (Å²) in [5, 5.41) is 8.10. The van der Waals surface area contributed by atoms with E-state index < -0.39 is 0 Å². The molecule has 1 aromatic carbocycles. The molecule has 0 spiro atoms. The third-order valence-electron chi connectivity index (χ3n) is 3.98. The Labute approximate surface area is 129 Å². The molecular weight excluding hydrogens is 289 g/mol. The second kappa shape index (κ2) is 6.58. The van der Waals surface area contributed by atoms with Gasteiger partial charge in [-0.15, -0.1) is 0 Å². The van der Waals surface area contributed by atoms with E-state index in [0.717, 1.165) is 11.3 Å². The van der Waals surface area contributed by atoms with Gasteiger partial charge in [-0.2, -0.15) is 5.10 Å². The van der Waals surface area contributed by atoms with Crippen LogP contribution in [0.2, 0.25) is 5.02 Å². The maximum Gasteiger partial charge on any atom is 0.141 e. The van der Waals surface area contributed by atoms with Gasteiger partial charge in [-0.3, -0.25) is 4.68 Å². The molecule has 1 aliphatic rings. The minimum absolute atomic E-state index is 0.166. The Bertz CT molecular complexity index is 605. The summed E-state index contributed by atoms with van der Waals surface area (Å²) < 4.78 is 15.2. The van der Waals surface area contributed by atoms with Crippen LogP contribution in [0.25, 0.3) is 0 Å². The van der Waals surface area contributed by atoms with E-state index in [1.54, 1.807) is 12.1 Å². The summed E-state index contributed by atoms with van der Waals surface area (Å²) in [6.07, 6.45) is 7.17. The van der Waals surface area contributed by atoms with Crippen molar-refractivity contribution >= 4 is 11.6 Å². The van der Waals surface area contributed by atoms with Crippen LogP contribution in [0.15, 0.2) is 30.5 Å². The molecule has 0 amide bonds. The fourth-order valence-corrected chi connectivity index (χ4v) is 3.03. The van der Waals surface area contributed by atoms with Gasteiger partial charge in [-0.05, 0) is 36.6 Å². The van der Waals surface area contributed by atoms with Crippen molar-refractivity contribution in [2.24, 2.45) is 0 Å². The minimum atomic E-state index is -0.379. The molecule has 0 radical (unpaired) electrons. The molecule has 21 heavy (non-hydrogen) atoms. The van der Waals surface area contributed by atoms with Crippen molar-refractivity contribution in [1.82, 2.24) is 15.1 Å². The van der Waals surface area contributed by atoms with Crippen LogP contribution in [0.1, 0.15) is 43.0 Å². The molecule has 0 unspecified atom stereocenters. The molecule has 0 atom stereocenters. The summed E-state index contributed by atoms with van der Waals surface area (Å²) >= 11 is 5.77. The van der Waals surface area contributed by atoms with Crippen molar-refractivity contribution < 1.29 is 4.39 Å². The first-order valence-electron chi connectivity index (χ1n) is 7.41. The second-order valence-corrected chi connectivity index (χ2v) is 5.98. The van der Waals surface area contributed by atoms with Crippen LogP contribution in [0, 0.1) is 5.82 Å². The molecule has 0 bridgehead atoms. The van der Waals surface area contributed by atoms with Gasteiger partial charge in [0, 0.05) is 19.3 Å². The first-order chi connectivity index (χ1) is 10.2. The highest BCUT2D eigenvalue weighted by atomic mass is 35.5. The van der Waals surface area contributed by atoms with Crippen molar-refractivity contribution in [2.45, 2.75) is 44.8 Å². The monoisotopic (exact) mass is 307 g/mol. The maximum absolute atomic E-state index is 13.1. The van der Waals surface area contributed by atoms with Crippen molar-refractivity contribution in [3.8, 4) is 0 Å². The van der Waals surface area contributed by atoms with Crippen LogP contribution >= 0.6 is 11.6 Å². The van der Waals surface area contributed by atoms with Crippen LogP contribution < -0.4 is 5.32 Å². The minimum Gasteiger partial charge on any atom is -0.307 e. The first kappa shape index (κ1) is 14.5. The third kappa shape index (κ3) is 3.63. The number of nitrogens with zero attached hydrogens (tertiary/aromatic N) is 2. The lowest BCUT2D eigenvalue weighted by Gasteiger charge is -2.09. The summed E-state index contributed by atoms with van der Waals surface area (Å²) in [6.45, 7) is 1.35. The Hall–Kier alpha value is -1.39. The van der Waals surface area contributed by atoms with Crippen molar-refractivity contribution in [1.29, 1.82) is 0 Å². The zero-order chi connectivity index (χ0) is 14.7. The largest absolute Gasteiger partial charge is 0.307 e. The van der Waals surface area contributed by atoms with Gasteiger partial charge in [0.25, 0.3) is 0 Å². The molecule has 1 fully saturated rings. The van der Waals surface area contributed by atoms with Crippen LogP contribution in [0.3, 0.4) is 0 Å². The zero-order valence-corrected chi connectivity index (χ0v) is 12.6. The summed E-state index contributed by atoms with van der Waals surface area (Å²) in [5.74, 6) is -0.379. The van der Waals surface area contributed by atoms with E-state index >= 15 is 0 Å². The molecular formula is C16H19ClFN3. The van der Waals surface area contributed by atoms with E-state index in [0.29, 0.717) is 19.1 Å². The lowest BCUT2D eigenvalue weighted by molar-refractivity contribution is 0.461. The summed E-state index contributed by atoms with van der Waals surface area (Å²) in [4.78, 5) is 0. The Morgan fingerprint density at radius 1 is 1.24 bits per heavy atom. The third-order valence-corrected chi connectivity index (χ3v) is 4.27. The van der Waals surface area contributed by atoms with Gasteiger partial charge in [0.2, 0.25) is 0 Å². The normalized spacial score (nSPS) is 15.7. The summed E-state index contributed by atoms with van der Waals surface area (Å²) in [5.41, 5.74) is 2.01. The Balaban J connectivity index is 1.52. The average Bonchev–Trinajstić information content (AvgIpc) is 3.13. The second-order valence-electron chi connectivity index (χ2n) is 5.58. The van der Waals surface area contributed by atoms with E-state index in [2.05, 4.69) is 27.4 Å². The molecule has 1 heterocycles. The number of hydrogen-bond donors (Lipinski definition) is 1. The number of benzene rings is 1. The molecule has 1 aliphatic carbocycles. The zero-order valence-electron chi connectivity index (χ0n) is 11.9. The standard InChI is InChI=1S/C16H19ClFN3/c17-15-9-12(5-6-16(15)18)10-19-11-13-7-8-21(20-13)14-3-1-2-4-14/h5-9,14,19H,1-4,10-11H2. The van der Waals surface area contributed by atoms with E-state index in [1.807, 2.05) is 0 Å². The molecule has 112 valence electrons. The number of halogens is 2. The number of rotatable bonds is 5. The molecule has 5 heteroatoms. The van der Waals surface area contributed by atoms with Gasteiger partial charge < -0.3 is 5.32 Å². The molecule has 1 aromatic heterocycles. The highest BCUT2D eigenvalue weighted by molar-refractivity contribution is 6.30. The van der Waals surface area contributed by atoms with Crippen LogP contribution in [0.4, 0.5) is 4.39 Å². The summed E-state index contributed by atoms with van der Waals surface area (Å²) in [6, 6.07) is 7.43. The van der Waals surface area contributed by atoms with Gasteiger partial charge in [-0.25, -0.2) is 4.39 Å². The van der Waals surface area contributed by atoms with E-state index in [4.69, 9.17) is 11.6 Å². The summed E-state index contributed by atoms with van der Waals surface area (Å²) in [7, 11) is 0. The highest BCUT2D eigenvalue weighted by Gasteiger charge is 2.17. The molecule has 1 saturated carbocycles. The van der Waals surface area contributed by atoms with E-state index in [-0.39, 0.29) is 10.8 Å². The van der Waals surface area contributed by atoms with Crippen molar-refractivity contribution in [2.75, 3.05) is 0 Å². The Kier molecular flexibility index (Phi) is 4.56. The predicted octanol–water partition coefficient (Wildman–Crippen LogP) is 4.08. The molecule has 3 rings (SSSR count). The van der Waals surface area contributed by atoms with Crippen LogP contribution in [-0.4, -0.2) is 9.78 Å².